The molecule has 144 valence electrons. The molecule has 0 radical (unpaired) electrons. The summed E-state index contributed by atoms with van der Waals surface area (Å²) in [6.45, 7) is 3.93. The third-order valence-electron chi connectivity index (χ3n) is 4.58. The molecule has 1 aliphatic carbocycles. The molecular formula is C17H17Cl2N3O3S2. The van der Waals surface area contributed by atoms with E-state index < -0.39 is 10.0 Å². The third kappa shape index (κ3) is 4.45. The molecule has 6 nitrogen and oxygen atoms in total. The number of nitrogens with zero attached hydrogens (tertiary/aromatic N) is 1. The Kier molecular flexibility index (Phi) is 5.54. The topological polar surface area (TPSA) is 88.2 Å². The predicted octanol–water partition coefficient (Wildman–Crippen LogP) is 4.47. The SMILES string of the molecule is CC1(C)C(C=C(Cl)Cl)C1C(=O)Nc1ccc(S(=O)(=O)Nc2nccs2)cc1. The summed E-state index contributed by atoms with van der Waals surface area (Å²) in [5.41, 5.74) is 0.274. The molecule has 1 fully saturated rings. The lowest BCUT2D eigenvalue weighted by Crippen LogP contribution is -2.17. The number of benzene rings is 1. The summed E-state index contributed by atoms with van der Waals surface area (Å²) in [4.78, 5) is 16.5. The van der Waals surface area contributed by atoms with Crippen LogP contribution in [0, 0.1) is 17.3 Å². The average molecular weight is 446 g/mol. The molecule has 2 N–H and O–H groups in total. The lowest BCUT2D eigenvalue weighted by molar-refractivity contribution is -0.118. The van der Waals surface area contributed by atoms with Crippen LogP contribution in [0.2, 0.25) is 0 Å². The Balaban J connectivity index is 1.68. The van der Waals surface area contributed by atoms with E-state index in [0.29, 0.717) is 10.8 Å². The fourth-order valence-electron chi connectivity index (χ4n) is 3.01. The molecule has 2 unspecified atom stereocenters. The molecule has 2 aromatic rings. The first kappa shape index (κ1) is 20.1. The number of hydrogen-bond acceptors (Lipinski definition) is 5. The van der Waals surface area contributed by atoms with Gasteiger partial charge in [-0.05, 0) is 41.7 Å². The van der Waals surface area contributed by atoms with E-state index in [1.165, 1.54) is 29.7 Å². The minimum atomic E-state index is -3.73. The summed E-state index contributed by atoms with van der Waals surface area (Å²) < 4.78 is 27.2. The van der Waals surface area contributed by atoms with E-state index in [0.717, 1.165) is 0 Å². The molecule has 0 saturated heterocycles. The summed E-state index contributed by atoms with van der Waals surface area (Å²) in [6, 6.07) is 5.94. The van der Waals surface area contributed by atoms with Crippen molar-refractivity contribution in [3.05, 3.63) is 46.4 Å². The van der Waals surface area contributed by atoms with Gasteiger partial charge >= 0.3 is 0 Å². The third-order valence-corrected chi connectivity index (χ3v) is 7.01. The first-order valence-electron chi connectivity index (χ1n) is 7.97. The summed E-state index contributed by atoms with van der Waals surface area (Å²) in [7, 11) is -3.73. The van der Waals surface area contributed by atoms with E-state index in [9.17, 15) is 13.2 Å². The Morgan fingerprint density at radius 1 is 1.26 bits per heavy atom. The van der Waals surface area contributed by atoms with Crippen LogP contribution in [0.5, 0.6) is 0 Å². The van der Waals surface area contributed by atoms with E-state index in [1.807, 2.05) is 13.8 Å². The molecule has 1 aromatic heterocycles. The number of amides is 1. The molecule has 0 spiro atoms. The zero-order valence-corrected chi connectivity index (χ0v) is 17.6. The summed E-state index contributed by atoms with van der Waals surface area (Å²) in [5.74, 6) is -0.447. The molecule has 0 aliphatic heterocycles. The fraction of sp³-hybridized carbons (Fsp3) is 0.294. The van der Waals surface area contributed by atoms with Crippen LogP contribution in [0.1, 0.15) is 13.8 Å². The van der Waals surface area contributed by atoms with Gasteiger partial charge in [0.25, 0.3) is 10.0 Å². The number of halogens is 2. The van der Waals surface area contributed by atoms with Gasteiger partial charge in [-0.2, -0.15) is 0 Å². The maximum Gasteiger partial charge on any atom is 0.263 e. The van der Waals surface area contributed by atoms with Crippen molar-refractivity contribution in [3.63, 3.8) is 0 Å². The molecule has 1 heterocycles. The van der Waals surface area contributed by atoms with Crippen LogP contribution in [0.15, 0.2) is 51.3 Å². The maximum atomic E-state index is 12.5. The minimum Gasteiger partial charge on any atom is -0.326 e. The number of hydrogen-bond donors (Lipinski definition) is 2. The van der Waals surface area contributed by atoms with Crippen LogP contribution in [-0.4, -0.2) is 19.3 Å². The van der Waals surface area contributed by atoms with E-state index in [2.05, 4.69) is 15.0 Å². The second-order valence-electron chi connectivity index (χ2n) is 6.74. The molecule has 10 heteroatoms. The summed E-state index contributed by atoms with van der Waals surface area (Å²) in [6.07, 6.45) is 3.19. The van der Waals surface area contributed by atoms with Crippen LogP contribution in [0.4, 0.5) is 10.8 Å². The van der Waals surface area contributed by atoms with Gasteiger partial charge in [0.05, 0.1) is 10.8 Å². The van der Waals surface area contributed by atoms with Crippen molar-refractivity contribution in [1.82, 2.24) is 4.98 Å². The molecule has 3 rings (SSSR count). The van der Waals surface area contributed by atoms with Crippen molar-refractivity contribution in [2.75, 3.05) is 10.0 Å². The van der Waals surface area contributed by atoms with Gasteiger partial charge in [0, 0.05) is 17.3 Å². The van der Waals surface area contributed by atoms with Gasteiger partial charge in [-0.25, -0.2) is 13.4 Å². The van der Waals surface area contributed by atoms with Crippen LogP contribution in [0.3, 0.4) is 0 Å². The number of carbonyl (C=O) groups is 1. The first-order valence-corrected chi connectivity index (χ1v) is 11.1. The second-order valence-corrected chi connectivity index (χ2v) is 10.3. The first-order chi connectivity index (χ1) is 12.6. The van der Waals surface area contributed by atoms with Crippen LogP contribution < -0.4 is 10.0 Å². The molecular weight excluding hydrogens is 429 g/mol. The minimum absolute atomic E-state index is 0.0374. The van der Waals surface area contributed by atoms with Crippen molar-refractivity contribution in [2.24, 2.45) is 17.3 Å². The zero-order valence-electron chi connectivity index (χ0n) is 14.4. The van der Waals surface area contributed by atoms with Gasteiger partial charge < -0.3 is 5.32 Å². The lowest BCUT2D eigenvalue weighted by Gasteiger charge is -2.08. The average Bonchev–Trinajstić information content (AvgIpc) is 2.91. The Morgan fingerprint density at radius 2 is 1.93 bits per heavy atom. The van der Waals surface area contributed by atoms with Gasteiger partial charge in [0.2, 0.25) is 5.91 Å². The standard InChI is InChI=1S/C17H17Cl2N3O3S2/c1-17(2)12(9-13(18)19)14(17)15(23)21-10-3-5-11(6-4-10)27(24,25)22-16-20-7-8-26-16/h3-9,12,14H,1-2H3,(H,20,22)(H,21,23). The van der Waals surface area contributed by atoms with Gasteiger partial charge in [-0.1, -0.05) is 37.0 Å². The van der Waals surface area contributed by atoms with Gasteiger partial charge in [-0.15, -0.1) is 11.3 Å². The number of thiazole rings is 1. The summed E-state index contributed by atoms with van der Waals surface area (Å²) in [5, 5.41) is 4.78. The molecule has 1 aromatic carbocycles. The van der Waals surface area contributed by atoms with Crippen LogP contribution in [-0.2, 0) is 14.8 Å². The maximum absolute atomic E-state index is 12.5. The van der Waals surface area contributed by atoms with E-state index >= 15 is 0 Å². The highest BCUT2D eigenvalue weighted by Gasteiger charge is 2.60. The second kappa shape index (κ2) is 7.43. The van der Waals surface area contributed by atoms with Crippen LogP contribution >= 0.6 is 34.5 Å². The van der Waals surface area contributed by atoms with Crippen molar-refractivity contribution in [2.45, 2.75) is 18.7 Å². The molecule has 0 bridgehead atoms. The Bertz CT molecular complexity index is 967. The van der Waals surface area contributed by atoms with Crippen molar-refractivity contribution in [3.8, 4) is 0 Å². The molecule has 1 saturated carbocycles. The quantitative estimate of drug-likeness (QED) is 0.685. The number of allylic oxidation sites excluding steroid dienone is 1. The highest BCUT2D eigenvalue weighted by molar-refractivity contribution is 7.93. The number of anilines is 2. The largest absolute Gasteiger partial charge is 0.326 e. The number of carbonyl (C=O) groups excluding carboxylic acids is 1. The number of nitrogens with one attached hydrogen (secondary N) is 2. The Hall–Kier alpha value is -1.61. The Morgan fingerprint density at radius 3 is 2.48 bits per heavy atom. The molecule has 1 amide bonds. The number of sulfonamides is 1. The highest BCUT2D eigenvalue weighted by Crippen LogP contribution is 2.60. The zero-order chi connectivity index (χ0) is 19.8. The molecule has 27 heavy (non-hydrogen) atoms. The van der Waals surface area contributed by atoms with Crippen LogP contribution in [0.25, 0.3) is 0 Å². The Labute approximate surface area is 171 Å². The predicted molar refractivity (Wildman–Crippen MR) is 109 cm³/mol. The van der Waals surface area contributed by atoms with Gasteiger partial charge in [-0.3, -0.25) is 9.52 Å². The highest BCUT2D eigenvalue weighted by atomic mass is 35.5. The number of rotatable bonds is 6. The van der Waals surface area contributed by atoms with Gasteiger partial charge in [0.1, 0.15) is 4.49 Å². The molecule has 1 aliphatic rings. The number of aromatic nitrogens is 1. The van der Waals surface area contributed by atoms with E-state index in [4.69, 9.17) is 23.2 Å². The monoisotopic (exact) mass is 445 g/mol. The van der Waals surface area contributed by atoms with Crippen molar-refractivity contribution in [1.29, 1.82) is 0 Å². The smallest absolute Gasteiger partial charge is 0.263 e. The van der Waals surface area contributed by atoms with Gasteiger partial charge in [0.15, 0.2) is 5.13 Å². The van der Waals surface area contributed by atoms with Crippen molar-refractivity contribution >= 4 is 61.3 Å². The normalized spacial score (nSPS) is 20.6. The molecule has 2 atom stereocenters. The lowest BCUT2D eigenvalue weighted by atomic mass is 10.1. The fourth-order valence-corrected chi connectivity index (χ4v) is 5.07. The van der Waals surface area contributed by atoms with E-state index in [1.54, 1.807) is 23.6 Å². The van der Waals surface area contributed by atoms with Crippen molar-refractivity contribution < 1.29 is 13.2 Å². The van der Waals surface area contributed by atoms with E-state index in [-0.39, 0.29) is 32.5 Å². The summed E-state index contributed by atoms with van der Waals surface area (Å²) >= 11 is 12.6.